The van der Waals surface area contributed by atoms with E-state index in [1.165, 1.54) is 12.7 Å². The van der Waals surface area contributed by atoms with Crippen LogP contribution in [-0.2, 0) is 21.4 Å². The summed E-state index contributed by atoms with van der Waals surface area (Å²) in [4.78, 5) is 45.4. The number of aryl methyl sites for hydroxylation is 1. The number of para-hydroxylation sites is 1. The number of imidazole rings is 1. The molecule has 0 unspecified atom stereocenters. The fourth-order valence-electron chi connectivity index (χ4n) is 5.77. The molecule has 3 aromatic heterocycles. The maximum Gasteiger partial charge on any atom is 0.242 e. The first-order valence-electron chi connectivity index (χ1n) is 12.1. The number of anilines is 2. The number of benzene rings is 2. The predicted octanol–water partition coefficient (Wildman–Crippen LogP) is 3.06. The number of H-pyrrole nitrogens is 1. The van der Waals surface area contributed by atoms with E-state index in [0.717, 1.165) is 16.8 Å². The Morgan fingerprint density at radius 2 is 1.81 bits per heavy atom. The SMILES string of the molecule is Cc1nn(-c2ncnc3nc[nH]c23)c2c1[C@@]1(CC(=O)N2)C(=O)N(CCc2ccccc2)c2ccccc21. The fourth-order valence-corrected chi connectivity index (χ4v) is 5.77. The molecule has 37 heavy (non-hydrogen) atoms. The molecule has 2 aliphatic heterocycles. The number of fused-ring (bicyclic) bond motifs is 5. The van der Waals surface area contributed by atoms with E-state index in [9.17, 15) is 9.59 Å². The number of nitrogens with zero attached hydrogens (tertiary/aromatic N) is 6. The van der Waals surface area contributed by atoms with Gasteiger partial charge in [0.2, 0.25) is 11.8 Å². The van der Waals surface area contributed by atoms with Gasteiger partial charge in [0, 0.05) is 24.2 Å². The van der Waals surface area contributed by atoms with Gasteiger partial charge in [0.15, 0.2) is 11.5 Å². The van der Waals surface area contributed by atoms with Gasteiger partial charge in [-0.05, 0) is 30.5 Å². The van der Waals surface area contributed by atoms with Gasteiger partial charge < -0.3 is 15.2 Å². The number of nitrogens with one attached hydrogen (secondary N) is 2. The number of carbonyl (C=O) groups excluding carboxylic acids is 2. The summed E-state index contributed by atoms with van der Waals surface area (Å²) in [6.45, 7) is 2.37. The van der Waals surface area contributed by atoms with Crippen molar-refractivity contribution in [3.05, 3.63) is 89.6 Å². The van der Waals surface area contributed by atoms with Crippen LogP contribution in [0.5, 0.6) is 0 Å². The van der Waals surface area contributed by atoms with Crippen LogP contribution in [-0.4, -0.2) is 48.1 Å². The van der Waals surface area contributed by atoms with Gasteiger partial charge in [-0.1, -0.05) is 48.5 Å². The average Bonchev–Trinajstić information content (AvgIpc) is 3.58. The lowest BCUT2D eigenvalue weighted by molar-refractivity contribution is -0.126. The summed E-state index contributed by atoms with van der Waals surface area (Å²) in [6, 6.07) is 17.8. The second-order valence-electron chi connectivity index (χ2n) is 9.36. The highest BCUT2D eigenvalue weighted by Crippen LogP contribution is 2.53. The van der Waals surface area contributed by atoms with Crippen molar-refractivity contribution in [1.29, 1.82) is 0 Å². The monoisotopic (exact) mass is 490 g/mol. The molecule has 2 amide bonds. The number of aromatic amines is 1. The van der Waals surface area contributed by atoms with E-state index < -0.39 is 5.41 Å². The Hall–Kier alpha value is -4.86. The Morgan fingerprint density at radius 3 is 2.68 bits per heavy atom. The fraction of sp³-hybridized carbons (Fsp3) is 0.185. The van der Waals surface area contributed by atoms with Crippen molar-refractivity contribution in [2.24, 2.45) is 0 Å². The molecule has 0 aliphatic carbocycles. The maximum atomic E-state index is 14.4. The molecule has 10 nitrogen and oxygen atoms in total. The van der Waals surface area contributed by atoms with E-state index in [-0.39, 0.29) is 18.2 Å². The summed E-state index contributed by atoms with van der Waals surface area (Å²) in [5.41, 5.74) is 4.03. The summed E-state index contributed by atoms with van der Waals surface area (Å²) in [7, 11) is 0. The Morgan fingerprint density at radius 1 is 1.00 bits per heavy atom. The zero-order valence-corrected chi connectivity index (χ0v) is 20.0. The number of hydrogen-bond acceptors (Lipinski definition) is 6. The number of hydrogen-bond donors (Lipinski definition) is 2. The van der Waals surface area contributed by atoms with Crippen LogP contribution in [0.3, 0.4) is 0 Å². The lowest BCUT2D eigenvalue weighted by Gasteiger charge is -2.33. The van der Waals surface area contributed by atoms with Crippen molar-refractivity contribution in [2.75, 3.05) is 16.8 Å². The minimum atomic E-state index is -1.17. The van der Waals surface area contributed by atoms with Gasteiger partial charge in [0.1, 0.15) is 23.1 Å². The van der Waals surface area contributed by atoms with Gasteiger partial charge in [-0.25, -0.2) is 15.0 Å². The first kappa shape index (κ1) is 21.4. The summed E-state index contributed by atoms with van der Waals surface area (Å²) in [6.07, 6.45) is 3.65. The first-order chi connectivity index (χ1) is 18.1. The standard InChI is InChI=1S/C27H22N8O2/c1-16-21-24(35(33-16)25-22-23(29-14-28-22)30-15-31-25)32-20(36)13-27(21)18-9-5-6-10-19(18)34(26(27)37)12-11-17-7-3-2-4-8-17/h2-10,14-15H,11-13H2,1H3,(H,32,36)(H,28,29,30,31)/t27-/m0/s1. The molecule has 2 aliphatic rings. The molecule has 0 saturated carbocycles. The highest BCUT2D eigenvalue weighted by atomic mass is 16.2. The largest absolute Gasteiger partial charge is 0.340 e. The average molecular weight is 491 g/mol. The maximum absolute atomic E-state index is 14.4. The lowest BCUT2D eigenvalue weighted by Crippen LogP contribution is -2.47. The quantitative estimate of drug-likeness (QED) is 0.399. The minimum Gasteiger partial charge on any atom is -0.340 e. The second-order valence-corrected chi connectivity index (χ2v) is 9.36. The molecular formula is C27H22N8O2. The van der Waals surface area contributed by atoms with Gasteiger partial charge in [0.25, 0.3) is 0 Å². The molecule has 2 N–H and O–H groups in total. The lowest BCUT2D eigenvalue weighted by atomic mass is 9.70. The third-order valence-electron chi connectivity index (χ3n) is 7.31. The first-order valence-corrected chi connectivity index (χ1v) is 12.1. The van der Waals surface area contributed by atoms with Crippen LogP contribution in [0.2, 0.25) is 0 Å². The van der Waals surface area contributed by atoms with Crippen LogP contribution < -0.4 is 10.2 Å². The molecule has 0 fully saturated rings. The molecule has 0 saturated heterocycles. The Balaban J connectivity index is 1.40. The van der Waals surface area contributed by atoms with Gasteiger partial charge in [-0.3, -0.25) is 9.59 Å². The third kappa shape index (κ3) is 2.98. The van der Waals surface area contributed by atoms with Crippen molar-refractivity contribution >= 4 is 34.5 Å². The van der Waals surface area contributed by atoms with Gasteiger partial charge in [0.05, 0.1) is 12.0 Å². The van der Waals surface area contributed by atoms with E-state index in [0.29, 0.717) is 47.0 Å². The normalized spacial score (nSPS) is 18.4. The van der Waals surface area contributed by atoms with Gasteiger partial charge >= 0.3 is 0 Å². The zero-order valence-electron chi connectivity index (χ0n) is 20.0. The highest BCUT2D eigenvalue weighted by Gasteiger charge is 2.57. The highest BCUT2D eigenvalue weighted by molar-refractivity contribution is 6.16. The molecule has 2 aromatic carbocycles. The Bertz CT molecular complexity index is 1710. The summed E-state index contributed by atoms with van der Waals surface area (Å²) >= 11 is 0. The van der Waals surface area contributed by atoms with E-state index in [1.807, 2.05) is 54.3 Å². The van der Waals surface area contributed by atoms with Crippen LogP contribution in [0.1, 0.15) is 28.8 Å². The molecule has 5 heterocycles. The molecule has 1 atom stereocenters. The topological polar surface area (TPSA) is 122 Å². The van der Waals surface area contributed by atoms with E-state index in [2.05, 4.69) is 37.4 Å². The molecule has 7 rings (SSSR count). The van der Waals surface area contributed by atoms with Crippen molar-refractivity contribution < 1.29 is 9.59 Å². The van der Waals surface area contributed by atoms with Gasteiger partial charge in [-0.15, -0.1) is 0 Å². The molecule has 0 bridgehead atoms. The number of carbonyl (C=O) groups is 2. The number of aromatic nitrogens is 6. The molecular weight excluding hydrogens is 468 g/mol. The summed E-state index contributed by atoms with van der Waals surface area (Å²) < 4.78 is 1.58. The van der Waals surface area contributed by atoms with Crippen LogP contribution in [0.25, 0.3) is 17.0 Å². The number of amides is 2. The van der Waals surface area contributed by atoms with Crippen molar-refractivity contribution in [3.63, 3.8) is 0 Å². The van der Waals surface area contributed by atoms with Crippen molar-refractivity contribution in [3.8, 4) is 5.82 Å². The Labute approximate surface area is 211 Å². The van der Waals surface area contributed by atoms with Crippen LogP contribution in [0, 0.1) is 6.92 Å². The second kappa shape index (κ2) is 7.82. The summed E-state index contributed by atoms with van der Waals surface area (Å²) in [5.74, 6) is 0.523. The van der Waals surface area contributed by atoms with Crippen molar-refractivity contribution in [1.82, 2.24) is 29.7 Å². The van der Waals surface area contributed by atoms with E-state index in [4.69, 9.17) is 5.10 Å². The minimum absolute atomic E-state index is 0.00740. The molecule has 0 radical (unpaired) electrons. The predicted molar refractivity (Wildman–Crippen MR) is 137 cm³/mol. The van der Waals surface area contributed by atoms with Crippen molar-refractivity contribution in [2.45, 2.75) is 25.2 Å². The molecule has 10 heteroatoms. The van der Waals surface area contributed by atoms with E-state index >= 15 is 0 Å². The molecule has 182 valence electrons. The van der Waals surface area contributed by atoms with Gasteiger partial charge in [-0.2, -0.15) is 9.78 Å². The molecule has 1 spiro atoms. The summed E-state index contributed by atoms with van der Waals surface area (Å²) in [5, 5.41) is 7.74. The zero-order chi connectivity index (χ0) is 25.1. The van der Waals surface area contributed by atoms with E-state index in [1.54, 1.807) is 4.68 Å². The molecule has 5 aromatic rings. The van der Waals surface area contributed by atoms with Crippen LogP contribution >= 0.6 is 0 Å². The van der Waals surface area contributed by atoms with Crippen LogP contribution in [0.15, 0.2) is 67.3 Å². The third-order valence-corrected chi connectivity index (χ3v) is 7.31. The number of rotatable bonds is 4. The van der Waals surface area contributed by atoms with Crippen LogP contribution in [0.4, 0.5) is 11.5 Å². The Kier molecular flexibility index (Phi) is 4.53. The smallest absolute Gasteiger partial charge is 0.242 e.